The number of nitro groups is 1. The number of nitrogens with zero attached hydrogens (tertiary/aromatic N) is 2. The lowest BCUT2D eigenvalue weighted by Gasteiger charge is -2.10. The van der Waals surface area contributed by atoms with Crippen LogP contribution in [0, 0.1) is 21.4 Å². The summed E-state index contributed by atoms with van der Waals surface area (Å²) < 4.78 is 0. The molecule has 0 fully saturated rings. The molecule has 0 radical (unpaired) electrons. The summed E-state index contributed by atoms with van der Waals surface area (Å²) in [5.41, 5.74) is 6.78. The predicted octanol–water partition coefficient (Wildman–Crippen LogP) is 4.10. The van der Waals surface area contributed by atoms with Gasteiger partial charge in [-0.2, -0.15) is 5.26 Å². The molecule has 2 aromatic rings. The minimum atomic E-state index is -0.568. The van der Waals surface area contributed by atoms with Crippen LogP contribution in [0.1, 0.15) is 5.56 Å². The highest BCUT2D eigenvalue weighted by molar-refractivity contribution is 6.39. The first kappa shape index (κ1) is 14.9. The van der Waals surface area contributed by atoms with E-state index >= 15 is 0 Å². The van der Waals surface area contributed by atoms with E-state index in [-0.39, 0.29) is 27.0 Å². The zero-order valence-corrected chi connectivity index (χ0v) is 11.9. The van der Waals surface area contributed by atoms with E-state index in [4.69, 9.17) is 34.2 Å². The van der Waals surface area contributed by atoms with Crippen molar-refractivity contribution in [3.8, 4) is 6.07 Å². The fraction of sp³-hybridized carbons (Fsp3) is 0. The minimum absolute atomic E-state index is 0.133. The van der Waals surface area contributed by atoms with Crippen LogP contribution in [-0.2, 0) is 0 Å². The van der Waals surface area contributed by atoms with Crippen LogP contribution in [0.15, 0.2) is 30.3 Å². The van der Waals surface area contributed by atoms with Crippen LogP contribution in [-0.4, -0.2) is 4.92 Å². The van der Waals surface area contributed by atoms with Crippen molar-refractivity contribution in [1.29, 1.82) is 5.26 Å². The van der Waals surface area contributed by atoms with E-state index in [0.29, 0.717) is 11.4 Å². The number of anilines is 3. The SMILES string of the molecule is N#Cc1cc([N+](=O)[O-])ccc1Nc1cc(Cl)c(N)c(Cl)c1. The zero-order chi connectivity index (χ0) is 15.6. The van der Waals surface area contributed by atoms with E-state index in [1.807, 2.05) is 6.07 Å². The van der Waals surface area contributed by atoms with Gasteiger partial charge in [-0.1, -0.05) is 23.2 Å². The van der Waals surface area contributed by atoms with Gasteiger partial charge in [0.25, 0.3) is 5.69 Å². The number of rotatable bonds is 3. The van der Waals surface area contributed by atoms with Gasteiger partial charge in [-0.05, 0) is 18.2 Å². The normalized spacial score (nSPS) is 9.95. The number of benzene rings is 2. The van der Waals surface area contributed by atoms with Crippen LogP contribution in [0.3, 0.4) is 0 Å². The van der Waals surface area contributed by atoms with Crippen LogP contribution in [0.5, 0.6) is 0 Å². The third-order valence-electron chi connectivity index (χ3n) is 2.69. The van der Waals surface area contributed by atoms with Crippen LogP contribution < -0.4 is 11.1 Å². The molecule has 0 amide bonds. The van der Waals surface area contributed by atoms with E-state index in [2.05, 4.69) is 5.32 Å². The predicted molar refractivity (Wildman–Crippen MR) is 82.0 cm³/mol. The molecule has 0 spiro atoms. The number of nitrogens with two attached hydrogens (primary N) is 1. The summed E-state index contributed by atoms with van der Waals surface area (Å²) in [7, 11) is 0. The number of hydrogen-bond donors (Lipinski definition) is 2. The highest BCUT2D eigenvalue weighted by atomic mass is 35.5. The molecule has 2 rings (SSSR count). The molecule has 0 aliphatic rings. The molecule has 0 bridgehead atoms. The van der Waals surface area contributed by atoms with E-state index in [0.717, 1.165) is 0 Å². The van der Waals surface area contributed by atoms with Gasteiger partial charge in [0.1, 0.15) is 6.07 Å². The monoisotopic (exact) mass is 322 g/mol. The van der Waals surface area contributed by atoms with Gasteiger partial charge < -0.3 is 11.1 Å². The van der Waals surface area contributed by atoms with Gasteiger partial charge in [0.15, 0.2) is 0 Å². The van der Waals surface area contributed by atoms with Crippen molar-refractivity contribution in [1.82, 2.24) is 0 Å². The molecular weight excluding hydrogens is 315 g/mol. The highest BCUT2D eigenvalue weighted by Gasteiger charge is 2.12. The summed E-state index contributed by atoms with van der Waals surface area (Å²) in [5, 5.41) is 23.2. The topological polar surface area (TPSA) is 105 Å². The van der Waals surface area contributed by atoms with Gasteiger partial charge in [-0.3, -0.25) is 10.1 Å². The maximum atomic E-state index is 10.7. The Morgan fingerprint density at radius 3 is 2.38 bits per heavy atom. The summed E-state index contributed by atoms with van der Waals surface area (Å²) in [6.07, 6.45) is 0. The standard InChI is InChI=1S/C13H8Cl2N4O2/c14-10-4-8(5-11(15)13(10)17)18-12-2-1-9(19(20)21)3-7(12)6-16/h1-5,18H,17H2. The first-order valence-electron chi connectivity index (χ1n) is 5.62. The Balaban J connectivity index is 2.40. The lowest BCUT2D eigenvalue weighted by molar-refractivity contribution is -0.384. The molecule has 0 saturated heterocycles. The zero-order valence-electron chi connectivity index (χ0n) is 10.4. The molecule has 3 N–H and O–H groups in total. The quantitative estimate of drug-likeness (QED) is 0.502. The summed E-state index contributed by atoms with van der Waals surface area (Å²) >= 11 is 11.8. The summed E-state index contributed by atoms with van der Waals surface area (Å²) in [5.74, 6) is 0. The molecule has 0 aliphatic carbocycles. The molecule has 0 aromatic heterocycles. The highest BCUT2D eigenvalue weighted by Crippen LogP contribution is 2.33. The number of hydrogen-bond acceptors (Lipinski definition) is 5. The van der Waals surface area contributed by atoms with Gasteiger partial charge in [0.2, 0.25) is 0 Å². The summed E-state index contributed by atoms with van der Waals surface area (Å²) in [4.78, 5) is 10.1. The molecule has 0 atom stereocenters. The number of nitrogens with one attached hydrogen (secondary N) is 1. The van der Waals surface area contributed by atoms with Crippen molar-refractivity contribution in [3.05, 3.63) is 56.1 Å². The molecule has 0 heterocycles. The maximum absolute atomic E-state index is 10.7. The number of nitro benzene ring substituents is 1. The van der Waals surface area contributed by atoms with E-state index < -0.39 is 4.92 Å². The third-order valence-corrected chi connectivity index (χ3v) is 3.32. The first-order valence-corrected chi connectivity index (χ1v) is 6.38. The Bertz CT molecular complexity index is 748. The fourth-order valence-corrected chi connectivity index (χ4v) is 2.15. The molecule has 2 aromatic carbocycles. The number of non-ortho nitro benzene ring substituents is 1. The third kappa shape index (κ3) is 3.16. The number of nitrogen functional groups attached to an aromatic ring is 1. The van der Waals surface area contributed by atoms with Crippen molar-refractivity contribution in [2.24, 2.45) is 0 Å². The molecular formula is C13H8Cl2N4O2. The summed E-state index contributed by atoms with van der Waals surface area (Å²) in [6.45, 7) is 0. The average Bonchev–Trinajstić information content (AvgIpc) is 2.44. The molecule has 0 saturated carbocycles. The Hall–Kier alpha value is -2.49. The molecule has 106 valence electrons. The van der Waals surface area contributed by atoms with Crippen LogP contribution in [0.2, 0.25) is 10.0 Å². The number of halogens is 2. The van der Waals surface area contributed by atoms with Gasteiger partial charge >= 0.3 is 0 Å². The second kappa shape index (κ2) is 5.87. The van der Waals surface area contributed by atoms with E-state index in [1.54, 1.807) is 12.1 Å². The van der Waals surface area contributed by atoms with Crippen molar-refractivity contribution in [3.63, 3.8) is 0 Å². The Morgan fingerprint density at radius 2 is 1.86 bits per heavy atom. The molecule has 6 nitrogen and oxygen atoms in total. The van der Waals surface area contributed by atoms with Gasteiger partial charge in [-0.15, -0.1) is 0 Å². The second-order valence-corrected chi connectivity index (χ2v) is 4.89. The largest absolute Gasteiger partial charge is 0.396 e. The van der Waals surface area contributed by atoms with Crippen molar-refractivity contribution in [2.45, 2.75) is 0 Å². The van der Waals surface area contributed by atoms with Gasteiger partial charge in [-0.25, -0.2) is 0 Å². The fourth-order valence-electron chi connectivity index (χ4n) is 1.66. The summed E-state index contributed by atoms with van der Waals surface area (Å²) in [6, 6.07) is 8.91. The lowest BCUT2D eigenvalue weighted by Crippen LogP contribution is -1.97. The van der Waals surface area contributed by atoms with Crippen molar-refractivity contribution >= 4 is 46.0 Å². The molecule has 0 aliphatic heterocycles. The smallest absolute Gasteiger partial charge is 0.270 e. The van der Waals surface area contributed by atoms with Crippen LogP contribution in [0.25, 0.3) is 0 Å². The number of nitriles is 1. The molecule has 21 heavy (non-hydrogen) atoms. The molecule has 8 heteroatoms. The average molecular weight is 323 g/mol. The lowest BCUT2D eigenvalue weighted by atomic mass is 10.1. The van der Waals surface area contributed by atoms with Gasteiger partial charge in [0.05, 0.1) is 31.9 Å². The van der Waals surface area contributed by atoms with Crippen LogP contribution >= 0.6 is 23.2 Å². The first-order chi connectivity index (χ1) is 9.92. The molecule has 0 unspecified atom stereocenters. The van der Waals surface area contributed by atoms with E-state index in [9.17, 15) is 10.1 Å². The Morgan fingerprint density at radius 1 is 1.24 bits per heavy atom. The maximum Gasteiger partial charge on any atom is 0.270 e. The van der Waals surface area contributed by atoms with Crippen molar-refractivity contribution < 1.29 is 4.92 Å². The van der Waals surface area contributed by atoms with Crippen molar-refractivity contribution in [2.75, 3.05) is 11.1 Å². The Labute approximate surface area is 129 Å². The van der Waals surface area contributed by atoms with Gasteiger partial charge in [0, 0.05) is 17.8 Å². The Kier molecular flexibility index (Phi) is 4.17. The second-order valence-electron chi connectivity index (χ2n) is 4.08. The van der Waals surface area contributed by atoms with Crippen LogP contribution in [0.4, 0.5) is 22.7 Å². The van der Waals surface area contributed by atoms with E-state index in [1.165, 1.54) is 18.2 Å². The minimum Gasteiger partial charge on any atom is -0.396 e.